The molecule has 5 aromatic rings. The monoisotopic (exact) mass is 906 g/mol. The lowest BCUT2D eigenvalue weighted by atomic mass is 9.85. The van der Waals surface area contributed by atoms with Gasteiger partial charge in [-0.3, -0.25) is 9.59 Å². The average Bonchev–Trinajstić information content (AvgIpc) is 4.01. The van der Waals surface area contributed by atoms with Gasteiger partial charge in [-0.15, -0.1) is 0 Å². The Morgan fingerprint density at radius 1 is 0.970 bits per heavy atom. The summed E-state index contributed by atoms with van der Waals surface area (Å²) in [7, 11) is 4.23. The highest BCUT2D eigenvalue weighted by atomic mass is 16.5. The molecular formula is C49H62N8O9. The summed E-state index contributed by atoms with van der Waals surface area (Å²) in [6.07, 6.45) is 3.30. The van der Waals surface area contributed by atoms with Gasteiger partial charge in [-0.05, 0) is 104 Å². The molecule has 17 nitrogen and oxygen atoms in total. The lowest BCUT2D eigenvalue weighted by Crippen LogP contribution is -2.59. The molecule has 1 unspecified atom stereocenters. The minimum Gasteiger partial charge on any atom is -0.488 e. The number of hydrogen-bond acceptors (Lipinski definition) is 11. The lowest BCUT2D eigenvalue weighted by Gasteiger charge is -2.44. The van der Waals surface area contributed by atoms with Crippen molar-refractivity contribution in [2.24, 2.45) is 17.8 Å². The summed E-state index contributed by atoms with van der Waals surface area (Å²) in [4.78, 5) is 73.6. The van der Waals surface area contributed by atoms with Gasteiger partial charge in [0.2, 0.25) is 11.8 Å². The van der Waals surface area contributed by atoms with Gasteiger partial charge in [0.25, 0.3) is 0 Å². The number of piperidine rings is 1. The van der Waals surface area contributed by atoms with Crippen LogP contribution in [0.3, 0.4) is 0 Å². The van der Waals surface area contributed by atoms with Gasteiger partial charge in [-0.25, -0.2) is 19.6 Å². The molecule has 0 saturated carbocycles. The first kappa shape index (κ1) is 46.3. The molecule has 2 fully saturated rings. The molecule has 0 aliphatic carbocycles. The van der Waals surface area contributed by atoms with Crippen LogP contribution in [0.4, 0.5) is 9.59 Å². The van der Waals surface area contributed by atoms with Crippen LogP contribution in [0.1, 0.15) is 89.6 Å². The summed E-state index contributed by atoms with van der Waals surface area (Å²) in [6.45, 7) is 12.2. The first-order valence-corrected chi connectivity index (χ1v) is 23.0. The molecule has 8 rings (SSSR count). The smallest absolute Gasteiger partial charge is 0.407 e. The minimum atomic E-state index is -0.790. The number of imidazole rings is 2. The van der Waals surface area contributed by atoms with E-state index in [1.54, 1.807) is 18.2 Å². The van der Waals surface area contributed by atoms with Crippen LogP contribution in [-0.4, -0.2) is 120 Å². The summed E-state index contributed by atoms with van der Waals surface area (Å²) < 4.78 is 27.2. The molecular weight excluding hydrogens is 845 g/mol. The summed E-state index contributed by atoms with van der Waals surface area (Å²) in [5.41, 5.74) is 6.40. The minimum absolute atomic E-state index is 0.0113. The second-order valence-electron chi connectivity index (χ2n) is 18.1. The van der Waals surface area contributed by atoms with Gasteiger partial charge in [-0.1, -0.05) is 39.0 Å². The number of aromatic nitrogens is 4. The van der Waals surface area contributed by atoms with Gasteiger partial charge in [0.1, 0.15) is 36.1 Å². The SMILES string of the molecule is CC[C@@H]1CC(C)[C@H](NC(=O)OC)C(=O)N1[C@@H](C)c1nc2c(ccc3cc4c(cc32)OCc2cc(-c3cnc([C@H](C)N(C[C@H](C)COC)C(=O)[C@@H](NC(=O)OC)C5CCOCC5)[nH]3)ccc2-4)[nH]1. The number of hydrogen-bond donors (Lipinski definition) is 4. The number of nitrogens with one attached hydrogen (secondary N) is 4. The third kappa shape index (κ3) is 9.14. The Bertz CT molecular complexity index is 2590. The molecule has 3 aliphatic heterocycles. The molecule has 0 radical (unpaired) electrons. The van der Waals surface area contributed by atoms with E-state index in [0.29, 0.717) is 57.5 Å². The van der Waals surface area contributed by atoms with E-state index in [2.05, 4.69) is 63.9 Å². The van der Waals surface area contributed by atoms with E-state index in [0.717, 1.165) is 68.3 Å². The fourth-order valence-corrected chi connectivity index (χ4v) is 10.1. The molecule has 7 atom stereocenters. The van der Waals surface area contributed by atoms with Crippen LogP contribution in [0.2, 0.25) is 0 Å². The van der Waals surface area contributed by atoms with Crippen LogP contribution in [0.5, 0.6) is 5.75 Å². The molecule has 3 aromatic carbocycles. The summed E-state index contributed by atoms with van der Waals surface area (Å²) >= 11 is 0. The number of ether oxygens (including phenoxy) is 5. The van der Waals surface area contributed by atoms with Crippen molar-refractivity contribution in [3.05, 3.63) is 65.9 Å². The number of carbonyl (C=O) groups excluding carboxylic acids is 4. The number of H-pyrrole nitrogens is 2. The summed E-state index contributed by atoms with van der Waals surface area (Å²) in [6, 6.07) is 12.2. The van der Waals surface area contributed by atoms with E-state index in [-0.39, 0.29) is 41.7 Å². The molecule has 0 spiro atoms. The zero-order chi connectivity index (χ0) is 46.8. The molecule has 4 amide bonds. The van der Waals surface area contributed by atoms with E-state index in [1.165, 1.54) is 14.2 Å². The zero-order valence-electron chi connectivity index (χ0n) is 39.1. The van der Waals surface area contributed by atoms with Crippen molar-refractivity contribution in [1.82, 2.24) is 40.4 Å². The first-order valence-electron chi connectivity index (χ1n) is 23.0. The molecule has 66 heavy (non-hydrogen) atoms. The molecule has 4 N–H and O–H groups in total. The third-order valence-electron chi connectivity index (χ3n) is 13.7. The number of fused-ring (bicyclic) bond motifs is 6. The zero-order valence-corrected chi connectivity index (χ0v) is 39.1. The standard InChI is InChI=1S/C49H62N8O9/c1-9-34-18-27(3)41(54-48(60)63-7)47(59)57(34)29(5)45-51-38-13-11-31-20-37-35-12-10-32(19-33(35)25-66-40(37)21-36(31)43(38)53-45)39-22-50-44(52-39)28(4)56(23-26(2)24-62-6)46(58)42(55-49(61)64-8)30-14-16-65-17-15-30/h10-13,19-22,26-30,34,41-42H,9,14-18,23-25H2,1-8H3,(H,50,52)(H,51,53)(H,54,60)(H,55,61)/t26-,27?,28-,29-,34+,41-,42-/m0/s1. The van der Waals surface area contributed by atoms with Crippen LogP contribution in [0, 0.1) is 17.8 Å². The van der Waals surface area contributed by atoms with Crippen LogP contribution >= 0.6 is 0 Å². The second kappa shape index (κ2) is 19.7. The number of likely N-dealkylation sites (tertiary alicyclic amines) is 1. The largest absolute Gasteiger partial charge is 0.488 e. The van der Waals surface area contributed by atoms with Crippen molar-refractivity contribution in [2.75, 3.05) is 47.7 Å². The van der Waals surface area contributed by atoms with Crippen molar-refractivity contribution in [2.45, 2.75) is 97.1 Å². The van der Waals surface area contributed by atoms with Gasteiger partial charge < -0.3 is 54.1 Å². The number of amides is 4. The molecule has 2 aromatic heterocycles. The fourth-order valence-electron chi connectivity index (χ4n) is 10.1. The maximum Gasteiger partial charge on any atom is 0.407 e. The highest BCUT2D eigenvalue weighted by Gasteiger charge is 2.43. The molecule has 5 heterocycles. The van der Waals surface area contributed by atoms with Gasteiger partial charge in [-0.2, -0.15) is 0 Å². The van der Waals surface area contributed by atoms with E-state index < -0.39 is 30.3 Å². The number of carbonyl (C=O) groups is 4. The Morgan fingerprint density at radius 3 is 2.47 bits per heavy atom. The van der Waals surface area contributed by atoms with Crippen LogP contribution in [-0.2, 0) is 35.1 Å². The summed E-state index contributed by atoms with van der Waals surface area (Å²) in [5.74, 6) is 1.53. The van der Waals surface area contributed by atoms with Crippen LogP contribution in [0.25, 0.3) is 44.2 Å². The van der Waals surface area contributed by atoms with Crippen molar-refractivity contribution >= 4 is 45.8 Å². The van der Waals surface area contributed by atoms with Gasteiger partial charge in [0.15, 0.2) is 0 Å². The average molecular weight is 907 g/mol. The quantitative estimate of drug-likeness (QED) is 0.0864. The predicted octanol–water partition coefficient (Wildman–Crippen LogP) is 7.42. The predicted molar refractivity (Wildman–Crippen MR) is 247 cm³/mol. The first-order chi connectivity index (χ1) is 31.8. The van der Waals surface area contributed by atoms with Gasteiger partial charge in [0.05, 0.1) is 55.8 Å². The van der Waals surface area contributed by atoms with E-state index in [9.17, 15) is 19.2 Å². The van der Waals surface area contributed by atoms with Crippen molar-refractivity contribution < 1.29 is 42.9 Å². The number of rotatable bonds is 14. The molecule has 352 valence electrons. The normalized spacial score (nSPS) is 20.4. The number of methoxy groups -OCH3 is 3. The number of aromatic amines is 2. The second-order valence-corrected chi connectivity index (χ2v) is 18.1. The van der Waals surface area contributed by atoms with Crippen molar-refractivity contribution in [3.8, 4) is 28.1 Å². The third-order valence-corrected chi connectivity index (χ3v) is 13.7. The van der Waals surface area contributed by atoms with E-state index >= 15 is 0 Å². The maximum absolute atomic E-state index is 14.5. The molecule has 0 bridgehead atoms. The lowest BCUT2D eigenvalue weighted by molar-refractivity contribution is -0.145. The van der Waals surface area contributed by atoms with Crippen LogP contribution < -0.4 is 15.4 Å². The van der Waals surface area contributed by atoms with E-state index in [4.69, 9.17) is 33.7 Å². The number of alkyl carbamates (subject to hydrolysis) is 2. The van der Waals surface area contributed by atoms with E-state index in [1.807, 2.05) is 38.7 Å². The van der Waals surface area contributed by atoms with Gasteiger partial charge in [0, 0.05) is 43.9 Å². The number of benzene rings is 3. The molecule has 3 aliphatic rings. The Labute approximate surface area is 384 Å². The maximum atomic E-state index is 14.5. The highest BCUT2D eigenvalue weighted by molar-refractivity contribution is 6.07. The fraction of sp³-hybridized carbons (Fsp3) is 0.510. The number of nitrogens with zero attached hydrogens (tertiary/aromatic N) is 4. The molecule has 2 saturated heterocycles. The Morgan fingerprint density at radius 2 is 1.74 bits per heavy atom. The topological polar surface area (TPSA) is 202 Å². The Hall–Kier alpha value is -6.20. The van der Waals surface area contributed by atoms with Crippen molar-refractivity contribution in [3.63, 3.8) is 0 Å². The Balaban J connectivity index is 1.04. The summed E-state index contributed by atoms with van der Waals surface area (Å²) in [5, 5.41) is 7.51. The Kier molecular flexibility index (Phi) is 13.8. The van der Waals surface area contributed by atoms with Crippen LogP contribution in [0.15, 0.2) is 48.7 Å². The van der Waals surface area contributed by atoms with Gasteiger partial charge >= 0.3 is 12.2 Å². The molecule has 17 heteroatoms. The highest BCUT2D eigenvalue weighted by Crippen LogP contribution is 2.43. The van der Waals surface area contributed by atoms with Crippen molar-refractivity contribution in [1.29, 1.82) is 0 Å².